The van der Waals surface area contributed by atoms with Gasteiger partial charge in [-0.15, -0.1) is 0 Å². The Labute approximate surface area is 149 Å². The van der Waals surface area contributed by atoms with Gasteiger partial charge in [-0.05, 0) is 6.42 Å². The molecule has 1 fully saturated rings. The Morgan fingerprint density at radius 1 is 1.32 bits per heavy atom. The molecule has 1 heterocycles. The quantitative estimate of drug-likeness (QED) is 0.437. The minimum Gasteiger partial charge on any atom is -0.493 e. The lowest BCUT2D eigenvalue weighted by Crippen LogP contribution is -2.43. The Hall–Kier alpha value is -2.30. The molecule has 0 atom stereocenters. The molecule has 0 unspecified atom stereocenters. The number of piperazine rings is 1. The Morgan fingerprint density at radius 2 is 2.08 bits per heavy atom. The number of hydrogen-bond donors (Lipinski definition) is 1. The van der Waals surface area contributed by atoms with Crippen molar-refractivity contribution in [3.63, 3.8) is 0 Å². The van der Waals surface area contributed by atoms with E-state index >= 15 is 0 Å². The molecule has 0 spiro atoms. The molecule has 0 bridgehead atoms. The van der Waals surface area contributed by atoms with E-state index in [4.69, 9.17) is 9.47 Å². The zero-order valence-corrected chi connectivity index (χ0v) is 15.3. The summed E-state index contributed by atoms with van der Waals surface area (Å²) in [5.41, 5.74) is 1.04. The molecule has 1 aromatic carbocycles. The summed E-state index contributed by atoms with van der Waals surface area (Å²) < 4.78 is 11.3. The predicted molar refractivity (Wildman–Crippen MR) is 99.0 cm³/mol. The van der Waals surface area contributed by atoms with Crippen molar-refractivity contribution in [3.8, 4) is 17.6 Å². The fourth-order valence-electron chi connectivity index (χ4n) is 2.60. The van der Waals surface area contributed by atoms with E-state index in [1.54, 1.807) is 25.6 Å². The lowest BCUT2D eigenvalue weighted by Gasteiger charge is -2.27. The molecule has 1 aliphatic heterocycles. The van der Waals surface area contributed by atoms with Crippen LogP contribution in [-0.4, -0.2) is 76.7 Å². The van der Waals surface area contributed by atoms with Gasteiger partial charge in [-0.2, -0.15) is 5.26 Å². The number of nitriles is 1. The zero-order valence-electron chi connectivity index (χ0n) is 15.3. The third kappa shape index (κ3) is 5.93. The molecule has 2 rings (SSSR count). The van der Waals surface area contributed by atoms with Crippen molar-refractivity contribution < 1.29 is 9.47 Å². The molecule has 1 N–H and O–H groups in total. The molecule has 1 saturated heterocycles. The van der Waals surface area contributed by atoms with Crippen LogP contribution < -0.4 is 14.8 Å². The van der Waals surface area contributed by atoms with Crippen LogP contribution in [0.15, 0.2) is 17.1 Å². The van der Waals surface area contributed by atoms with Crippen LogP contribution in [0, 0.1) is 11.3 Å². The first-order chi connectivity index (χ1) is 12.1. The highest BCUT2D eigenvalue weighted by Gasteiger charge is 2.12. The van der Waals surface area contributed by atoms with Crippen molar-refractivity contribution in [2.75, 3.05) is 60.5 Å². The first kappa shape index (κ1) is 19.0. The maximum absolute atomic E-state index is 9.31. The summed E-state index contributed by atoms with van der Waals surface area (Å²) in [5.74, 6) is 1.18. The molecule has 7 heteroatoms. The predicted octanol–water partition coefficient (Wildman–Crippen LogP) is 1.46. The van der Waals surface area contributed by atoms with Gasteiger partial charge in [0.05, 0.1) is 31.3 Å². The summed E-state index contributed by atoms with van der Waals surface area (Å²) in [6, 6.07) is 5.59. The molecule has 0 amide bonds. The van der Waals surface area contributed by atoms with Crippen LogP contribution in [0.4, 0.5) is 5.69 Å². The molecule has 0 saturated carbocycles. The largest absolute Gasteiger partial charge is 0.493 e. The van der Waals surface area contributed by atoms with E-state index in [0.29, 0.717) is 29.4 Å². The minimum atomic E-state index is 0.461. The molecule has 0 aromatic heterocycles. The fourth-order valence-corrected chi connectivity index (χ4v) is 2.60. The van der Waals surface area contributed by atoms with E-state index in [9.17, 15) is 5.26 Å². The molecular weight excluding hydrogens is 318 g/mol. The number of benzene rings is 1. The van der Waals surface area contributed by atoms with Crippen molar-refractivity contribution in [1.29, 1.82) is 5.26 Å². The number of nitrogens with one attached hydrogen (secondary N) is 1. The highest BCUT2D eigenvalue weighted by molar-refractivity contribution is 5.68. The van der Waals surface area contributed by atoms with Gasteiger partial charge in [-0.1, -0.05) is 0 Å². The number of hydrogen-bond acceptors (Lipinski definition) is 6. The Morgan fingerprint density at radius 3 is 2.72 bits per heavy atom. The lowest BCUT2D eigenvalue weighted by atomic mass is 10.1. The number of ether oxygens (including phenoxy) is 2. The second kappa shape index (κ2) is 9.87. The van der Waals surface area contributed by atoms with Gasteiger partial charge in [-0.3, -0.25) is 0 Å². The smallest absolute Gasteiger partial charge is 0.163 e. The maximum Gasteiger partial charge on any atom is 0.163 e. The van der Waals surface area contributed by atoms with Gasteiger partial charge in [0.25, 0.3) is 0 Å². The number of aliphatic imine (C=N–C) groups is 1. The van der Waals surface area contributed by atoms with Crippen molar-refractivity contribution >= 4 is 12.0 Å². The van der Waals surface area contributed by atoms with Crippen LogP contribution in [0.5, 0.6) is 11.5 Å². The van der Waals surface area contributed by atoms with Gasteiger partial charge < -0.3 is 24.6 Å². The summed E-state index contributed by atoms with van der Waals surface area (Å²) in [7, 11) is 5.34. The van der Waals surface area contributed by atoms with Crippen LogP contribution in [0.25, 0.3) is 0 Å². The molecule has 0 radical (unpaired) electrons. The Bertz CT molecular complexity index is 619. The molecule has 136 valence electrons. The topological polar surface area (TPSA) is 73.1 Å². The fraction of sp³-hybridized carbons (Fsp3) is 0.556. The van der Waals surface area contributed by atoms with E-state index in [0.717, 1.165) is 39.1 Å². The van der Waals surface area contributed by atoms with E-state index in [1.165, 1.54) is 0 Å². The van der Waals surface area contributed by atoms with Gasteiger partial charge in [0.1, 0.15) is 6.07 Å². The summed E-state index contributed by atoms with van der Waals surface area (Å²) in [4.78, 5) is 8.59. The van der Waals surface area contributed by atoms with Crippen molar-refractivity contribution in [2.24, 2.45) is 4.99 Å². The second-order valence-electron chi connectivity index (χ2n) is 6.13. The third-order valence-corrected chi connectivity index (χ3v) is 3.92. The average molecular weight is 345 g/mol. The van der Waals surface area contributed by atoms with E-state index in [-0.39, 0.29) is 0 Å². The first-order valence-electron chi connectivity index (χ1n) is 8.52. The Balaban J connectivity index is 1.99. The SMILES string of the molecule is COc1cc(C#N)c(N=CN(C)C)cc1OCCCN1CCNCC1. The van der Waals surface area contributed by atoms with Crippen LogP contribution in [0.2, 0.25) is 0 Å². The van der Waals surface area contributed by atoms with E-state index < -0.39 is 0 Å². The molecule has 7 nitrogen and oxygen atoms in total. The van der Waals surface area contributed by atoms with E-state index in [2.05, 4.69) is 21.3 Å². The van der Waals surface area contributed by atoms with Crippen LogP contribution in [0.1, 0.15) is 12.0 Å². The monoisotopic (exact) mass is 345 g/mol. The normalized spacial score (nSPS) is 15.1. The number of nitrogens with zero attached hydrogens (tertiary/aromatic N) is 4. The summed E-state index contributed by atoms with van der Waals surface area (Å²) >= 11 is 0. The molecule has 1 aliphatic rings. The summed E-state index contributed by atoms with van der Waals surface area (Å²) in [6.45, 7) is 5.90. The van der Waals surface area contributed by atoms with Gasteiger partial charge in [0.15, 0.2) is 11.5 Å². The van der Waals surface area contributed by atoms with Gasteiger partial charge in [-0.25, -0.2) is 4.99 Å². The highest BCUT2D eigenvalue weighted by Crippen LogP contribution is 2.34. The minimum absolute atomic E-state index is 0.461. The van der Waals surface area contributed by atoms with Crippen LogP contribution in [-0.2, 0) is 0 Å². The summed E-state index contributed by atoms with van der Waals surface area (Å²) in [5, 5.41) is 12.7. The maximum atomic E-state index is 9.31. The lowest BCUT2D eigenvalue weighted by molar-refractivity contribution is 0.211. The molecular formula is C18H27N5O2. The van der Waals surface area contributed by atoms with Crippen LogP contribution in [0.3, 0.4) is 0 Å². The zero-order chi connectivity index (χ0) is 18.1. The van der Waals surface area contributed by atoms with Gasteiger partial charge in [0, 0.05) is 59.0 Å². The number of rotatable bonds is 8. The van der Waals surface area contributed by atoms with Crippen molar-refractivity contribution in [3.05, 3.63) is 17.7 Å². The molecule has 25 heavy (non-hydrogen) atoms. The first-order valence-corrected chi connectivity index (χ1v) is 8.52. The molecule has 1 aromatic rings. The van der Waals surface area contributed by atoms with Gasteiger partial charge in [0.2, 0.25) is 0 Å². The number of methoxy groups -OCH3 is 1. The van der Waals surface area contributed by atoms with Gasteiger partial charge >= 0.3 is 0 Å². The average Bonchev–Trinajstić information content (AvgIpc) is 2.64. The Kier molecular flexibility index (Phi) is 7.51. The van der Waals surface area contributed by atoms with E-state index in [1.807, 2.05) is 19.0 Å². The van der Waals surface area contributed by atoms with Crippen molar-refractivity contribution in [1.82, 2.24) is 15.1 Å². The second-order valence-corrected chi connectivity index (χ2v) is 6.13. The highest BCUT2D eigenvalue weighted by atomic mass is 16.5. The molecule has 0 aliphatic carbocycles. The van der Waals surface area contributed by atoms with Crippen molar-refractivity contribution in [2.45, 2.75) is 6.42 Å². The third-order valence-electron chi connectivity index (χ3n) is 3.92. The standard InChI is InChI=1S/C18H27N5O2/c1-22(2)14-21-16-12-18(17(24-3)11-15(16)13-19)25-10-4-7-23-8-5-20-6-9-23/h11-12,14,20H,4-10H2,1-3H3. The van der Waals surface area contributed by atoms with Crippen LogP contribution >= 0.6 is 0 Å². The summed E-state index contributed by atoms with van der Waals surface area (Å²) in [6.07, 6.45) is 2.61.